The molecule has 0 bridgehead atoms. The number of nitrogens with two attached hydrogens (primary N) is 1. The molecule has 0 aromatic carbocycles. The van der Waals surface area contributed by atoms with Crippen molar-refractivity contribution in [1.82, 2.24) is 4.37 Å². The average molecular weight is 299 g/mol. The van der Waals surface area contributed by atoms with Crippen LogP contribution in [0.15, 0.2) is 0 Å². The van der Waals surface area contributed by atoms with Crippen molar-refractivity contribution in [2.45, 2.75) is 44.6 Å². The lowest BCUT2D eigenvalue weighted by atomic mass is 9.85. The van der Waals surface area contributed by atoms with Crippen LogP contribution in [0.4, 0.5) is 10.8 Å². The first-order chi connectivity index (χ1) is 9.56. The molecule has 1 aromatic heterocycles. The second kappa shape index (κ2) is 6.41. The average Bonchev–Trinajstić information content (AvgIpc) is 2.79. The number of aliphatic hydroxyl groups is 1. The largest absolute Gasteiger partial charge is 0.462 e. The van der Waals surface area contributed by atoms with Crippen molar-refractivity contribution in [3.05, 3.63) is 5.56 Å². The zero-order valence-electron chi connectivity index (χ0n) is 11.6. The maximum absolute atomic E-state index is 11.8. The van der Waals surface area contributed by atoms with Gasteiger partial charge in [0.1, 0.15) is 10.6 Å². The van der Waals surface area contributed by atoms with E-state index in [9.17, 15) is 9.90 Å². The van der Waals surface area contributed by atoms with E-state index in [4.69, 9.17) is 10.5 Å². The van der Waals surface area contributed by atoms with Gasteiger partial charge in [-0.2, -0.15) is 4.37 Å². The maximum Gasteiger partial charge on any atom is 0.344 e. The second-order valence-electron chi connectivity index (χ2n) is 5.13. The Morgan fingerprint density at radius 2 is 2.20 bits per heavy atom. The molecule has 0 amide bonds. The van der Waals surface area contributed by atoms with E-state index in [1.807, 2.05) is 0 Å². The van der Waals surface area contributed by atoms with E-state index in [-0.39, 0.29) is 18.0 Å². The topological polar surface area (TPSA) is 97.5 Å². The highest BCUT2D eigenvalue weighted by Crippen LogP contribution is 2.31. The van der Waals surface area contributed by atoms with Gasteiger partial charge in [0.25, 0.3) is 0 Å². The van der Waals surface area contributed by atoms with E-state index < -0.39 is 11.6 Å². The van der Waals surface area contributed by atoms with Gasteiger partial charge in [0.05, 0.1) is 12.2 Å². The van der Waals surface area contributed by atoms with Gasteiger partial charge in [0.15, 0.2) is 5.82 Å². The fourth-order valence-corrected chi connectivity index (χ4v) is 3.15. The minimum absolute atomic E-state index is 0.173. The Morgan fingerprint density at radius 1 is 1.50 bits per heavy atom. The van der Waals surface area contributed by atoms with Crippen LogP contribution in [0.2, 0.25) is 0 Å². The highest BCUT2D eigenvalue weighted by atomic mass is 32.1. The molecule has 112 valence electrons. The van der Waals surface area contributed by atoms with E-state index >= 15 is 0 Å². The molecule has 1 heterocycles. The van der Waals surface area contributed by atoms with Crippen LogP contribution in [-0.4, -0.2) is 34.2 Å². The summed E-state index contributed by atoms with van der Waals surface area (Å²) < 4.78 is 8.95. The summed E-state index contributed by atoms with van der Waals surface area (Å²) in [6.45, 7) is 2.43. The molecule has 0 atom stereocenters. The molecule has 4 N–H and O–H groups in total. The molecule has 0 unspecified atom stereocenters. The molecule has 1 fully saturated rings. The SMILES string of the molecule is CCOC(=O)c1c(N)nsc1NCC1(O)CCCCC1. The van der Waals surface area contributed by atoms with E-state index in [1.165, 1.54) is 6.42 Å². The highest BCUT2D eigenvalue weighted by Gasteiger charge is 2.30. The molecule has 0 saturated heterocycles. The minimum atomic E-state index is -0.705. The van der Waals surface area contributed by atoms with Crippen molar-refractivity contribution in [2.75, 3.05) is 24.2 Å². The zero-order chi connectivity index (χ0) is 14.6. The predicted molar refractivity (Wildman–Crippen MR) is 79.0 cm³/mol. The Morgan fingerprint density at radius 3 is 2.85 bits per heavy atom. The number of ether oxygens (including phenoxy) is 1. The van der Waals surface area contributed by atoms with Gasteiger partial charge in [-0.05, 0) is 31.3 Å². The number of hydrogen-bond acceptors (Lipinski definition) is 7. The molecule has 1 aliphatic carbocycles. The molecule has 1 aromatic rings. The number of nitrogen functional groups attached to an aromatic ring is 1. The Bertz CT molecular complexity index is 469. The first kappa shape index (κ1) is 15.1. The number of carbonyl (C=O) groups excluding carboxylic acids is 1. The Kier molecular flexibility index (Phi) is 4.82. The third-order valence-corrected chi connectivity index (χ3v) is 4.38. The lowest BCUT2D eigenvalue weighted by Crippen LogP contribution is -2.38. The van der Waals surface area contributed by atoms with Gasteiger partial charge in [-0.15, -0.1) is 0 Å². The van der Waals surface area contributed by atoms with E-state index in [0.717, 1.165) is 37.2 Å². The first-order valence-electron chi connectivity index (χ1n) is 6.94. The molecule has 0 aliphatic heterocycles. The molecule has 7 heteroatoms. The van der Waals surface area contributed by atoms with Crippen LogP contribution in [0.1, 0.15) is 49.4 Å². The van der Waals surface area contributed by atoms with Crippen molar-refractivity contribution < 1.29 is 14.6 Å². The Balaban J connectivity index is 2.04. The number of nitrogens with zero attached hydrogens (tertiary/aromatic N) is 1. The standard InChI is InChI=1S/C13H21N3O3S/c1-2-19-12(17)9-10(14)16-20-11(9)15-8-13(18)6-4-3-5-7-13/h15,18H,2-8H2,1H3,(H2,14,16). The van der Waals surface area contributed by atoms with Crippen molar-refractivity contribution in [1.29, 1.82) is 0 Å². The van der Waals surface area contributed by atoms with Gasteiger partial charge in [0, 0.05) is 6.54 Å². The number of anilines is 2. The van der Waals surface area contributed by atoms with Crippen LogP contribution in [0.5, 0.6) is 0 Å². The summed E-state index contributed by atoms with van der Waals surface area (Å²) in [7, 11) is 0. The van der Waals surface area contributed by atoms with E-state index in [0.29, 0.717) is 11.5 Å². The van der Waals surface area contributed by atoms with Crippen LogP contribution in [0.3, 0.4) is 0 Å². The number of hydrogen-bond donors (Lipinski definition) is 3. The highest BCUT2D eigenvalue weighted by molar-refractivity contribution is 7.11. The van der Waals surface area contributed by atoms with Gasteiger partial charge in [-0.3, -0.25) is 0 Å². The quantitative estimate of drug-likeness (QED) is 0.720. The van der Waals surface area contributed by atoms with Gasteiger partial charge in [-0.1, -0.05) is 19.3 Å². The van der Waals surface area contributed by atoms with Gasteiger partial charge >= 0.3 is 5.97 Å². The maximum atomic E-state index is 11.8. The second-order valence-corrected chi connectivity index (χ2v) is 5.90. The van der Waals surface area contributed by atoms with Crippen molar-refractivity contribution >= 4 is 28.3 Å². The summed E-state index contributed by atoms with van der Waals surface area (Å²) in [4.78, 5) is 11.8. The molecule has 1 aliphatic rings. The third-order valence-electron chi connectivity index (χ3n) is 3.56. The smallest absolute Gasteiger partial charge is 0.344 e. The molecule has 2 rings (SSSR count). The van der Waals surface area contributed by atoms with E-state index in [1.54, 1.807) is 6.92 Å². The predicted octanol–water partition coefficient (Wildman–Crippen LogP) is 2.01. The summed E-state index contributed by atoms with van der Waals surface area (Å²) in [5.74, 6) is -0.302. The van der Waals surface area contributed by atoms with Crippen molar-refractivity contribution in [3.63, 3.8) is 0 Å². The fourth-order valence-electron chi connectivity index (χ4n) is 2.46. The lowest BCUT2D eigenvalue weighted by Gasteiger charge is -2.32. The zero-order valence-corrected chi connectivity index (χ0v) is 12.5. The number of carbonyl (C=O) groups is 1. The first-order valence-corrected chi connectivity index (χ1v) is 7.71. The summed E-state index contributed by atoms with van der Waals surface area (Å²) in [6, 6.07) is 0. The third kappa shape index (κ3) is 3.40. The van der Waals surface area contributed by atoms with Crippen molar-refractivity contribution in [2.24, 2.45) is 0 Å². The molecule has 0 spiro atoms. The summed E-state index contributed by atoms with van der Waals surface area (Å²) >= 11 is 1.12. The number of aromatic nitrogens is 1. The Labute approximate surface area is 122 Å². The van der Waals surface area contributed by atoms with Crippen LogP contribution >= 0.6 is 11.5 Å². The summed E-state index contributed by atoms with van der Waals surface area (Å²) in [5.41, 5.74) is 5.28. The number of rotatable bonds is 5. The number of esters is 1. The molecule has 20 heavy (non-hydrogen) atoms. The minimum Gasteiger partial charge on any atom is -0.462 e. The number of nitrogens with one attached hydrogen (secondary N) is 1. The summed E-state index contributed by atoms with van der Waals surface area (Å²) in [6.07, 6.45) is 4.80. The molecule has 1 saturated carbocycles. The fraction of sp³-hybridized carbons (Fsp3) is 0.692. The van der Waals surface area contributed by atoms with E-state index in [2.05, 4.69) is 9.69 Å². The van der Waals surface area contributed by atoms with Crippen molar-refractivity contribution in [3.8, 4) is 0 Å². The van der Waals surface area contributed by atoms with Crippen LogP contribution < -0.4 is 11.1 Å². The van der Waals surface area contributed by atoms with Gasteiger partial charge < -0.3 is 20.9 Å². The Hall–Kier alpha value is -1.34. The molecule has 6 nitrogen and oxygen atoms in total. The molecular formula is C13H21N3O3S. The molecule has 0 radical (unpaired) electrons. The normalized spacial score (nSPS) is 17.7. The lowest BCUT2D eigenvalue weighted by molar-refractivity contribution is 0.0167. The molecular weight excluding hydrogens is 278 g/mol. The van der Waals surface area contributed by atoms with Crippen LogP contribution in [-0.2, 0) is 4.74 Å². The monoisotopic (exact) mass is 299 g/mol. The van der Waals surface area contributed by atoms with Crippen LogP contribution in [0, 0.1) is 0 Å². The van der Waals surface area contributed by atoms with Gasteiger partial charge in [-0.25, -0.2) is 4.79 Å². The summed E-state index contributed by atoms with van der Waals surface area (Å²) in [5, 5.41) is 14.1. The van der Waals surface area contributed by atoms with Crippen LogP contribution in [0.25, 0.3) is 0 Å². The van der Waals surface area contributed by atoms with Gasteiger partial charge in [0.2, 0.25) is 0 Å².